The molecule has 0 fully saturated rings. The fourth-order valence-electron chi connectivity index (χ4n) is 1.81. The van der Waals surface area contributed by atoms with Crippen LogP contribution in [-0.4, -0.2) is 31.8 Å². The van der Waals surface area contributed by atoms with Crippen molar-refractivity contribution in [1.82, 2.24) is 5.32 Å². The summed E-state index contributed by atoms with van der Waals surface area (Å²) in [5.74, 6) is -1.00. The Labute approximate surface area is 104 Å². The lowest BCUT2D eigenvalue weighted by Gasteiger charge is -2.26. The number of aldehydes is 1. The van der Waals surface area contributed by atoms with Crippen LogP contribution in [0.3, 0.4) is 0 Å². The minimum atomic E-state index is -0.883. The number of carbonyl (C=O) groups is 3. The Balaban J connectivity index is 2.46. The van der Waals surface area contributed by atoms with Crippen LogP contribution < -0.4 is 15.0 Å². The molecule has 1 N–H and O–H groups in total. The fraction of sp³-hybridized carbons (Fsp3) is 0.250. The number of hydrogen-bond acceptors (Lipinski definition) is 5. The maximum atomic E-state index is 11.6. The van der Waals surface area contributed by atoms with Gasteiger partial charge >= 0.3 is 0 Å². The average Bonchev–Trinajstić information content (AvgIpc) is 2.38. The van der Waals surface area contributed by atoms with Crippen molar-refractivity contribution in [3.8, 4) is 5.75 Å². The van der Waals surface area contributed by atoms with Crippen LogP contribution >= 0.6 is 0 Å². The van der Waals surface area contributed by atoms with Crippen molar-refractivity contribution in [3.63, 3.8) is 0 Å². The predicted molar refractivity (Wildman–Crippen MR) is 63.3 cm³/mol. The first-order valence-electron chi connectivity index (χ1n) is 5.39. The molecule has 94 valence electrons. The monoisotopic (exact) mass is 248 g/mol. The van der Waals surface area contributed by atoms with Gasteiger partial charge in [0.2, 0.25) is 6.29 Å². The summed E-state index contributed by atoms with van der Waals surface area (Å²) in [7, 11) is 1.79. The van der Waals surface area contributed by atoms with Gasteiger partial charge in [0.25, 0.3) is 11.8 Å². The maximum Gasteiger partial charge on any atom is 0.298 e. The van der Waals surface area contributed by atoms with Gasteiger partial charge < -0.3 is 10.1 Å². The molecule has 1 aromatic carbocycles. The number of anilines is 1. The zero-order valence-corrected chi connectivity index (χ0v) is 9.80. The van der Waals surface area contributed by atoms with Gasteiger partial charge in [0.15, 0.2) is 6.61 Å². The van der Waals surface area contributed by atoms with Gasteiger partial charge in [-0.05, 0) is 24.7 Å². The van der Waals surface area contributed by atoms with Crippen molar-refractivity contribution < 1.29 is 19.1 Å². The molecule has 0 aromatic heterocycles. The quantitative estimate of drug-likeness (QED) is 0.595. The zero-order chi connectivity index (χ0) is 13.1. The molecule has 0 bridgehead atoms. The van der Waals surface area contributed by atoms with Gasteiger partial charge in [-0.15, -0.1) is 0 Å². The number of fused-ring (bicyclic) bond motifs is 1. The fourth-order valence-corrected chi connectivity index (χ4v) is 1.81. The SMILES string of the molecule is CNCc1ccc2c(c1)N(C(=O)C=O)C(=O)CO2. The Kier molecular flexibility index (Phi) is 3.38. The molecular formula is C12H12N2O4. The summed E-state index contributed by atoms with van der Waals surface area (Å²) in [6, 6.07) is 5.17. The molecule has 2 rings (SSSR count). The van der Waals surface area contributed by atoms with E-state index in [-0.39, 0.29) is 12.9 Å². The number of carbonyl (C=O) groups excluding carboxylic acids is 3. The third-order valence-corrected chi connectivity index (χ3v) is 2.57. The number of imide groups is 1. The lowest BCUT2D eigenvalue weighted by molar-refractivity contribution is -0.134. The van der Waals surface area contributed by atoms with Crippen LogP contribution in [0.2, 0.25) is 0 Å². The van der Waals surface area contributed by atoms with Gasteiger partial charge in [-0.1, -0.05) is 6.07 Å². The first-order valence-corrected chi connectivity index (χ1v) is 5.39. The highest BCUT2D eigenvalue weighted by atomic mass is 16.5. The number of nitrogens with one attached hydrogen (secondary N) is 1. The van der Waals surface area contributed by atoms with Gasteiger partial charge in [-0.25, -0.2) is 4.90 Å². The number of amides is 2. The van der Waals surface area contributed by atoms with Gasteiger partial charge in [0.1, 0.15) is 5.75 Å². The summed E-state index contributed by atoms with van der Waals surface area (Å²) >= 11 is 0. The number of nitrogens with zero attached hydrogens (tertiary/aromatic N) is 1. The second-order valence-electron chi connectivity index (χ2n) is 3.81. The highest BCUT2D eigenvalue weighted by Crippen LogP contribution is 2.32. The van der Waals surface area contributed by atoms with Crippen LogP contribution in [-0.2, 0) is 20.9 Å². The summed E-state index contributed by atoms with van der Waals surface area (Å²) < 4.78 is 5.21. The van der Waals surface area contributed by atoms with E-state index in [4.69, 9.17) is 4.74 Å². The summed E-state index contributed by atoms with van der Waals surface area (Å²) in [5.41, 5.74) is 1.20. The van der Waals surface area contributed by atoms with E-state index in [2.05, 4.69) is 5.32 Å². The Morgan fingerprint density at radius 2 is 2.33 bits per heavy atom. The van der Waals surface area contributed by atoms with E-state index in [1.54, 1.807) is 19.2 Å². The summed E-state index contributed by atoms with van der Waals surface area (Å²) in [5, 5.41) is 2.96. The molecule has 1 aromatic rings. The van der Waals surface area contributed by atoms with Gasteiger partial charge in [0, 0.05) is 6.54 Å². The minimum Gasteiger partial charge on any atom is -0.482 e. The second kappa shape index (κ2) is 4.97. The normalized spacial score (nSPS) is 13.8. The Morgan fingerprint density at radius 3 is 3.00 bits per heavy atom. The zero-order valence-electron chi connectivity index (χ0n) is 9.80. The largest absolute Gasteiger partial charge is 0.482 e. The molecule has 1 aliphatic rings. The standard InChI is InChI=1S/C12H12N2O4/c1-13-5-8-2-3-10-9(4-8)14(11(16)6-15)12(17)7-18-10/h2-4,6,13H,5,7H2,1H3. The van der Waals surface area contributed by atoms with Crippen molar-refractivity contribution in [2.45, 2.75) is 6.54 Å². The molecule has 0 saturated heterocycles. The van der Waals surface area contributed by atoms with Gasteiger partial charge in [-0.3, -0.25) is 14.4 Å². The molecule has 0 atom stereocenters. The number of rotatable bonds is 3. The number of ether oxygens (including phenoxy) is 1. The Hall–Kier alpha value is -2.21. The van der Waals surface area contributed by atoms with Crippen LogP contribution in [0.4, 0.5) is 5.69 Å². The van der Waals surface area contributed by atoms with Crippen molar-refractivity contribution in [2.75, 3.05) is 18.6 Å². The van der Waals surface area contributed by atoms with E-state index in [1.165, 1.54) is 0 Å². The van der Waals surface area contributed by atoms with E-state index >= 15 is 0 Å². The predicted octanol–water partition coefficient (Wildman–Crippen LogP) is -0.143. The average molecular weight is 248 g/mol. The molecule has 1 aliphatic heterocycles. The van der Waals surface area contributed by atoms with Crippen molar-refractivity contribution >= 4 is 23.8 Å². The molecule has 0 unspecified atom stereocenters. The first-order chi connectivity index (χ1) is 8.67. The third kappa shape index (κ3) is 2.10. The summed E-state index contributed by atoms with van der Waals surface area (Å²) in [6.45, 7) is 0.350. The minimum absolute atomic E-state index is 0.123. The molecule has 1 heterocycles. The molecule has 0 saturated carbocycles. The van der Waals surface area contributed by atoms with Gasteiger partial charge in [0.05, 0.1) is 5.69 Å². The highest BCUT2D eigenvalue weighted by molar-refractivity contribution is 6.38. The lowest BCUT2D eigenvalue weighted by Crippen LogP contribution is -2.43. The maximum absolute atomic E-state index is 11.6. The topological polar surface area (TPSA) is 75.7 Å². The highest BCUT2D eigenvalue weighted by Gasteiger charge is 2.30. The van der Waals surface area contributed by atoms with E-state index in [0.717, 1.165) is 10.5 Å². The Morgan fingerprint density at radius 1 is 1.56 bits per heavy atom. The molecule has 6 heteroatoms. The smallest absolute Gasteiger partial charge is 0.298 e. The molecule has 18 heavy (non-hydrogen) atoms. The number of hydrogen-bond donors (Lipinski definition) is 1. The summed E-state index contributed by atoms with van der Waals surface area (Å²) in [6.07, 6.45) is 0.123. The number of benzene rings is 1. The molecule has 0 spiro atoms. The Bertz CT molecular complexity index is 513. The van der Waals surface area contributed by atoms with Crippen LogP contribution in [0.15, 0.2) is 18.2 Å². The summed E-state index contributed by atoms with van der Waals surface area (Å²) in [4.78, 5) is 34.5. The van der Waals surface area contributed by atoms with E-state index in [1.807, 2.05) is 6.07 Å². The van der Waals surface area contributed by atoms with Crippen molar-refractivity contribution in [3.05, 3.63) is 23.8 Å². The molecule has 0 aliphatic carbocycles. The van der Waals surface area contributed by atoms with E-state index in [9.17, 15) is 14.4 Å². The lowest BCUT2D eigenvalue weighted by atomic mass is 10.1. The molecular weight excluding hydrogens is 236 g/mol. The van der Waals surface area contributed by atoms with E-state index in [0.29, 0.717) is 18.0 Å². The van der Waals surface area contributed by atoms with Crippen LogP contribution in [0.5, 0.6) is 5.75 Å². The van der Waals surface area contributed by atoms with Gasteiger partial charge in [-0.2, -0.15) is 0 Å². The molecule has 0 radical (unpaired) electrons. The van der Waals surface area contributed by atoms with Crippen molar-refractivity contribution in [1.29, 1.82) is 0 Å². The van der Waals surface area contributed by atoms with Crippen LogP contribution in [0.25, 0.3) is 0 Å². The van der Waals surface area contributed by atoms with E-state index < -0.39 is 11.8 Å². The molecule has 6 nitrogen and oxygen atoms in total. The third-order valence-electron chi connectivity index (χ3n) is 2.57. The second-order valence-corrected chi connectivity index (χ2v) is 3.81. The van der Waals surface area contributed by atoms with Crippen molar-refractivity contribution in [2.24, 2.45) is 0 Å². The van der Waals surface area contributed by atoms with Crippen LogP contribution in [0.1, 0.15) is 5.56 Å². The van der Waals surface area contributed by atoms with Crippen LogP contribution in [0, 0.1) is 0 Å². The molecule has 2 amide bonds. The first kappa shape index (κ1) is 12.3.